The fraction of sp³-hybridized carbons (Fsp3) is 0.214. The highest BCUT2D eigenvalue weighted by atomic mass is 32.1. The number of carbonyl (C=O) groups excluding carboxylic acids is 1. The Bertz CT molecular complexity index is 569. The molecule has 0 saturated carbocycles. The van der Waals surface area contributed by atoms with E-state index in [0.717, 1.165) is 5.76 Å². The smallest absolute Gasteiger partial charge is 0.254 e. The summed E-state index contributed by atoms with van der Waals surface area (Å²) < 4.78 is 18.7. The molecular weight excluding hydrogens is 265 g/mol. The molecule has 1 atom stereocenters. The molecule has 2 aromatic rings. The van der Waals surface area contributed by atoms with Gasteiger partial charge in [0.15, 0.2) is 0 Å². The van der Waals surface area contributed by atoms with Crippen LogP contribution in [0.2, 0.25) is 0 Å². The van der Waals surface area contributed by atoms with Crippen LogP contribution >= 0.6 is 12.6 Å². The summed E-state index contributed by atoms with van der Waals surface area (Å²) in [6.45, 7) is 1.84. The van der Waals surface area contributed by atoms with Gasteiger partial charge in [-0.3, -0.25) is 4.79 Å². The molecule has 1 N–H and O–H groups in total. The topological polar surface area (TPSA) is 42.2 Å². The highest BCUT2D eigenvalue weighted by molar-refractivity contribution is 7.80. The lowest BCUT2D eigenvalue weighted by molar-refractivity contribution is 0.0935. The predicted octanol–water partition coefficient (Wildman–Crippen LogP) is 3.07. The number of rotatable bonds is 4. The van der Waals surface area contributed by atoms with Gasteiger partial charge in [0.05, 0.1) is 11.8 Å². The summed E-state index contributed by atoms with van der Waals surface area (Å²) in [7, 11) is 0. The van der Waals surface area contributed by atoms with Crippen molar-refractivity contribution in [2.75, 3.05) is 0 Å². The van der Waals surface area contributed by atoms with Gasteiger partial charge >= 0.3 is 0 Å². The summed E-state index contributed by atoms with van der Waals surface area (Å²) in [4.78, 5) is 12.5. The molecule has 2 rings (SSSR count). The summed E-state index contributed by atoms with van der Waals surface area (Å²) >= 11 is 4.10. The molecule has 0 saturated heterocycles. The van der Waals surface area contributed by atoms with Crippen LogP contribution in [-0.2, 0) is 6.42 Å². The van der Waals surface area contributed by atoms with Gasteiger partial charge in [0.2, 0.25) is 0 Å². The molecule has 0 bridgehead atoms. The molecule has 19 heavy (non-hydrogen) atoms. The van der Waals surface area contributed by atoms with E-state index in [1.807, 2.05) is 13.0 Å². The number of thiol groups is 1. The SMILES string of the molecule is CC(Cc1ccco1)NC(=O)c1cc(S)ccc1F. The zero-order valence-corrected chi connectivity index (χ0v) is 11.3. The molecule has 5 heteroatoms. The Kier molecular flexibility index (Phi) is 4.27. The molecule has 0 aliphatic heterocycles. The monoisotopic (exact) mass is 279 g/mol. The molecule has 0 radical (unpaired) electrons. The van der Waals surface area contributed by atoms with Crippen LogP contribution in [0.1, 0.15) is 23.0 Å². The fourth-order valence-electron chi connectivity index (χ4n) is 1.77. The largest absolute Gasteiger partial charge is 0.469 e. The van der Waals surface area contributed by atoms with Crippen LogP contribution in [0.4, 0.5) is 4.39 Å². The number of amides is 1. The standard InChI is InChI=1S/C14H14FNO2S/c1-9(7-10-3-2-6-18-10)16-14(17)12-8-11(19)4-5-13(12)15/h2-6,8-9,19H,7H2,1H3,(H,16,17). The maximum atomic E-state index is 13.5. The van der Waals surface area contributed by atoms with Crippen LogP contribution in [0.15, 0.2) is 45.9 Å². The van der Waals surface area contributed by atoms with E-state index < -0.39 is 11.7 Å². The van der Waals surface area contributed by atoms with E-state index in [9.17, 15) is 9.18 Å². The average molecular weight is 279 g/mol. The molecule has 1 unspecified atom stereocenters. The molecule has 1 aromatic carbocycles. The second-order valence-electron chi connectivity index (χ2n) is 4.32. The first kappa shape index (κ1) is 13.7. The molecule has 1 aromatic heterocycles. The van der Waals surface area contributed by atoms with E-state index in [0.29, 0.717) is 11.3 Å². The van der Waals surface area contributed by atoms with Crippen molar-refractivity contribution in [3.8, 4) is 0 Å². The van der Waals surface area contributed by atoms with Gasteiger partial charge in [-0.2, -0.15) is 0 Å². The van der Waals surface area contributed by atoms with Gasteiger partial charge in [0, 0.05) is 17.4 Å². The van der Waals surface area contributed by atoms with Gasteiger partial charge < -0.3 is 9.73 Å². The Labute approximate surface area is 116 Å². The third-order valence-electron chi connectivity index (χ3n) is 2.66. The summed E-state index contributed by atoms with van der Waals surface area (Å²) in [5.74, 6) is -0.232. The quantitative estimate of drug-likeness (QED) is 0.845. The third-order valence-corrected chi connectivity index (χ3v) is 2.94. The lowest BCUT2D eigenvalue weighted by Gasteiger charge is -2.13. The van der Waals surface area contributed by atoms with Crippen molar-refractivity contribution >= 4 is 18.5 Å². The predicted molar refractivity (Wildman–Crippen MR) is 73.0 cm³/mol. The van der Waals surface area contributed by atoms with E-state index in [2.05, 4.69) is 17.9 Å². The van der Waals surface area contributed by atoms with Crippen molar-refractivity contribution in [1.29, 1.82) is 0 Å². The summed E-state index contributed by atoms with van der Waals surface area (Å²) in [6, 6.07) is 7.61. The molecule has 1 amide bonds. The third kappa shape index (κ3) is 3.61. The lowest BCUT2D eigenvalue weighted by atomic mass is 10.1. The zero-order valence-electron chi connectivity index (χ0n) is 10.4. The minimum absolute atomic E-state index is 0.00112. The van der Waals surface area contributed by atoms with Crippen LogP contribution < -0.4 is 5.32 Å². The molecule has 0 spiro atoms. The summed E-state index contributed by atoms with van der Waals surface area (Å²) in [5.41, 5.74) is -0.00112. The molecule has 100 valence electrons. The highest BCUT2D eigenvalue weighted by Crippen LogP contribution is 2.14. The number of nitrogens with one attached hydrogen (secondary N) is 1. The maximum absolute atomic E-state index is 13.5. The van der Waals surface area contributed by atoms with Crippen LogP contribution in [0.25, 0.3) is 0 Å². The van der Waals surface area contributed by atoms with Gasteiger partial charge in [-0.05, 0) is 37.3 Å². The van der Waals surface area contributed by atoms with Crippen molar-refractivity contribution in [3.63, 3.8) is 0 Å². The van der Waals surface area contributed by atoms with E-state index in [-0.39, 0.29) is 11.6 Å². The number of benzene rings is 1. The van der Waals surface area contributed by atoms with Crippen molar-refractivity contribution in [2.45, 2.75) is 24.3 Å². The Morgan fingerprint density at radius 1 is 1.47 bits per heavy atom. The first-order chi connectivity index (χ1) is 9.06. The Balaban J connectivity index is 2.02. The number of hydrogen-bond donors (Lipinski definition) is 2. The van der Waals surface area contributed by atoms with Crippen LogP contribution in [0.3, 0.4) is 0 Å². The van der Waals surface area contributed by atoms with E-state index >= 15 is 0 Å². The van der Waals surface area contributed by atoms with Gasteiger partial charge in [-0.25, -0.2) is 4.39 Å². The minimum atomic E-state index is -0.555. The number of hydrogen-bond acceptors (Lipinski definition) is 3. The minimum Gasteiger partial charge on any atom is -0.469 e. The highest BCUT2D eigenvalue weighted by Gasteiger charge is 2.15. The van der Waals surface area contributed by atoms with E-state index in [1.54, 1.807) is 12.3 Å². The molecule has 0 aliphatic carbocycles. The first-order valence-corrected chi connectivity index (χ1v) is 6.32. The normalized spacial score (nSPS) is 12.2. The lowest BCUT2D eigenvalue weighted by Crippen LogP contribution is -2.34. The fourth-order valence-corrected chi connectivity index (χ4v) is 1.97. The Morgan fingerprint density at radius 3 is 2.95 bits per heavy atom. The number of furan rings is 1. The van der Waals surface area contributed by atoms with Gasteiger partial charge in [0.1, 0.15) is 11.6 Å². The van der Waals surface area contributed by atoms with E-state index in [4.69, 9.17) is 4.42 Å². The Morgan fingerprint density at radius 2 is 2.26 bits per heavy atom. The first-order valence-electron chi connectivity index (χ1n) is 5.88. The van der Waals surface area contributed by atoms with Crippen molar-refractivity contribution < 1.29 is 13.6 Å². The average Bonchev–Trinajstić information content (AvgIpc) is 2.84. The van der Waals surface area contributed by atoms with E-state index in [1.165, 1.54) is 18.2 Å². The second-order valence-corrected chi connectivity index (χ2v) is 4.84. The van der Waals surface area contributed by atoms with Gasteiger partial charge in [-0.15, -0.1) is 12.6 Å². The molecule has 3 nitrogen and oxygen atoms in total. The maximum Gasteiger partial charge on any atom is 0.254 e. The van der Waals surface area contributed by atoms with Crippen molar-refractivity contribution in [2.24, 2.45) is 0 Å². The molecule has 0 aliphatic rings. The number of carbonyl (C=O) groups is 1. The number of halogens is 1. The molecular formula is C14H14FNO2S. The molecule has 1 heterocycles. The van der Waals surface area contributed by atoms with Crippen molar-refractivity contribution in [3.05, 3.63) is 53.7 Å². The molecule has 0 fully saturated rings. The zero-order chi connectivity index (χ0) is 13.8. The van der Waals surface area contributed by atoms with Gasteiger partial charge in [-0.1, -0.05) is 0 Å². The van der Waals surface area contributed by atoms with Crippen LogP contribution in [0.5, 0.6) is 0 Å². The van der Waals surface area contributed by atoms with Crippen molar-refractivity contribution in [1.82, 2.24) is 5.32 Å². The summed E-state index contributed by atoms with van der Waals surface area (Å²) in [6.07, 6.45) is 2.13. The second kappa shape index (κ2) is 5.93. The Hall–Kier alpha value is -1.75. The van der Waals surface area contributed by atoms with Crippen LogP contribution in [0, 0.1) is 5.82 Å². The summed E-state index contributed by atoms with van der Waals surface area (Å²) in [5, 5.41) is 2.73. The van der Waals surface area contributed by atoms with Gasteiger partial charge in [0.25, 0.3) is 5.91 Å². The van der Waals surface area contributed by atoms with Crippen LogP contribution in [-0.4, -0.2) is 11.9 Å².